The molecule has 5 nitrogen and oxygen atoms in total. The van der Waals surface area contributed by atoms with E-state index in [9.17, 15) is 9.59 Å². The molecule has 0 atom stereocenters. The van der Waals surface area contributed by atoms with Crippen LogP contribution < -0.4 is 0 Å². The first-order valence-corrected chi connectivity index (χ1v) is 12.4. The molecule has 1 aromatic heterocycles. The molecule has 134 valence electrons. The maximum absolute atomic E-state index is 12.5. The number of ketones is 1. The van der Waals surface area contributed by atoms with Gasteiger partial charge in [0.25, 0.3) is 0 Å². The van der Waals surface area contributed by atoms with Gasteiger partial charge in [0.2, 0.25) is 0 Å². The largest absolute Gasteiger partial charge is 0.464 e. The first-order chi connectivity index (χ1) is 11.3. The number of ether oxygens (including phenoxy) is 2. The topological polar surface area (TPSA) is 57.5 Å². The number of carbonyl (C=O) groups excluding carboxylic acids is 2. The van der Waals surface area contributed by atoms with Crippen LogP contribution in [-0.2, 0) is 22.6 Å². The number of hydrogen-bond acceptors (Lipinski definition) is 4. The third kappa shape index (κ3) is 4.16. The fourth-order valence-electron chi connectivity index (χ4n) is 3.18. The van der Waals surface area contributed by atoms with Gasteiger partial charge in [-0.3, -0.25) is 4.79 Å². The molecule has 0 bridgehead atoms. The fraction of sp³-hybridized carbons (Fsp3) is 0.667. The van der Waals surface area contributed by atoms with Crippen LogP contribution in [-0.4, -0.2) is 38.1 Å². The lowest BCUT2D eigenvalue weighted by Crippen LogP contribution is -2.23. The lowest BCUT2D eigenvalue weighted by molar-refractivity contribution is 0.0535. The number of methoxy groups -OCH3 is 1. The molecule has 1 aromatic rings. The molecular weight excluding hydrogens is 322 g/mol. The van der Waals surface area contributed by atoms with Crippen LogP contribution >= 0.6 is 0 Å². The molecule has 1 aliphatic carbocycles. The highest BCUT2D eigenvalue weighted by Crippen LogP contribution is 2.29. The Morgan fingerprint density at radius 1 is 1.21 bits per heavy atom. The van der Waals surface area contributed by atoms with Crippen molar-refractivity contribution in [3.8, 4) is 0 Å². The molecular formula is C18H29NO4Si. The molecule has 0 spiro atoms. The third-order valence-electron chi connectivity index (χ3n) is 4.56. The zero-order valence-electron chi connectivity index (χ0n) is 15.5. The second kappa shape index (κ2) is 7.65. The summed E-state index contributed by atoms with van der Waals surface area (Å²) in [5, 5.41) is 0. The molecule has 0 radical (unpaired) electrons. The Kier molecular flexibility index (Phi) is 6.04. The van der Waals surface area contributed by atoms with Gasteiger partial charge in [-0.25, -0.2) is 4.79 Å². The van der Waals surface area contributed by atoms with E-state index < -0.39 is 14.0 Å². The maximum Gasteiger partial charge on any atom is 0.355 e. The summed E-state index contributed by atoms with van der Waals surface area (Å²) in [6.45, 7) is 9.74. The lowest BCUT2D eigenvalue weighted by atomic mass is 10.0. The Morgan fingerprint density at radius 3 is 2.50 bits per heavy atom. The quantitative estimate of drug-likeness (QED) is 0.338. The van der Waals surface area contributed by atoms with Gasteiger partial charge in [-0.1, -0.05) is 19.6 Å². The average molecular weight is 352 g/mol. The number of aromatic nitrogens is 1. The molecule has 0 amide bonds. The molecule has 1 heterocycles. The number of Topliss-reactive ketones (excluding diaryl/α,β-unsaturated/α-hetero) is 1. The van der Waals surface area contributed by atoms with Gasteiger partial charge in [0.1, 0.15) is 12.4 Å². The Balaban J connectivity index is 2.32. The Labute approximate surface area is 145 Å². The van der Waals surface area contributed by atoms with Crippen molar-refractivity contribution in [2.75, 3.05) is 13.7 Å². The molecule has 0 aromatic carbocycles. The van der Waals surface area contributed by atoms with Crippen LogP contribution in [0.2, 0.25) is 25.7 Å². The van der Waals surface area contributed by atoms with E-state index >= 15 is 0 Å². The minimum Gasteiger partial charge on any atom is -0.464 e. The SMILES string of the molecule is COC(=O)c1c(C)c2c(n1COCC[Si](C)(C)C)CCCCC2=O. The number of nitrogens with zero attached hydrogens (tertiary/aromatic N) is 1. The zero-order chi connectivity index (χ0) is 17.9. The summed E-state index contributed by atoms with van der Waals surface area (Å²) < 4.78 is 12.7. The van der Waals surface area contributed by atoms with Gasteiger partial charge >= 0.3 is 5.97 Å². The first-order valence-electron chi connectivity index (χ1n) is 8.67. The van der Waals surface area contributed by atoms with E-state index in [2.05, 4.69) is 19.6 Å². The lowest BCUT2D eigenvalue weighted by Gasteiger charge is -2.17. The van der Waals surface area contributed by atoms with Crippen molar-refractivity contribution in [1.29, 1.82) is 0 Å². The number of rotatable bonds is 6. The molecule has 0 saturated carbocycles. The maximum atomic E-state index is 12.5. The van der Waals surface area contributed by atoms with Crippen molar-refractivity contribution in [1.82, 2.24) is 4.57 Å². The molecule has 0 aliphatic heterocycles. The highest BCUT2D eigenvalue weighted by molar-refractivity contribution is 6.76. The summed E-state index contributed by atoms with van der Waals surface area (Å²) in [6, 6.07) is 1.07. The van der Waals surface area contributed by atoms with Gasteiger partial charge in [-0.15, -0.1) is 0 Å². The van der Waals surface area contributed by atoms with Gasteiger partial charge in [0, 0.05) is 32.4 Å². The Morgan fingerprint density at radius 2 is 1.88 bits per heavy atom. The smallest absolute Gasteiger partial charge is 0.355 e. The Hall–Kier alpha value is -1.40. The van der Waals surface area contributed by atoms with E-state index in [0.29, 0.717) is 31.0 Å². The number of esters is 1. The second-order valence-electron chi connectivity index (χ2n) is 7.69. The highest BCUT2D eigenvalue weighted by Gasteiger charge is 2.29. The third-order valence-corrected chi connectivity index (χ3v) is 6.26. The van der Waals surface area contributed by atoms with E-state index in [-0.39, 0.29) is 5.78 Å². The number of hydrogen-bond donors (Lipinski definition) is 0. The van der Waals surface area contributed by atoms with Gasteiger partial charge in [-0.2, -0.15) is 0 Å². The first kappa shape index (κ1) is 18.9. The summed E-state index contributed by atoms with van der Waals surface area (Å²) in [4.78, 5) is 24.7. The Bertz CT molecular complexity index is 628. The molecule has 2 rings (SSSR count). The summed E-state index contributed by atoms with van der Waals surface area (Å²) in [6.07, 6.45) is 3.21. The summed E-state index contributed by atoms with van der Waals surface area (Å²) >= 11 is 0. The highest BCUT2D eigenvalue weighted by atomic mass is 28.3. The second-order valence-corrected chi connectivity index (χ2v) is 13.3. The molecule has 1 aliphatic rings. The van der Waals surface area contributed by atoms with E-state index in [1.165, 1.54) is 7.11 Å². The van der Waals surface area contributed by atoms with Crippen LogP contribution in [0.5, 0.6) is 0 Å². The van der Waals surface area contributed by atoms with Crippen LogP contribution in [0.15, 0.2) is 0 Å². The van der Waals surface area contributed by atoms with Crippen molar-refractivity contribution < 1.29 is 19.1 Å². The van der Waals surface area contributed by atoms with Crippen LogP contribution in [0, 0.1) is 6.92 Å². The normalized spacial score (nSPS) is 15.1. The molecule has 24 heavy (non-hydrogen) atoms. The monoisotopic (exact) mass is 351 g/mol. The van der Waals surface area contributed by atoms with Crippen LogP contribution in [0.3, 0.4) is 0 Å². The number of fused-ring (bicyclic) bond motifs is 1. The minimum absolute atomic E-state index is 0.131. The van der Waals surface area contributed by atoms with E-state index in [0.717, 1.165) is 36.6 Å². The summed E-state index contributed by atoms with van der Waals surface area (Å²) in [5.74, 6) is -0.270. The van der Waals surface area contributed by atoms with Crippen molar-refractivity contribution in [3.63, 3.8) is 0 Å². The van der Waals surface area contributed by atoms with E-state index in [1.54, 1.807) is 0 Å². The number of carbonyl (C=O) groups is 2. The molecule has 6 heteroatoms. The van der Waals surface area contributed by atoms with Crippen molar-refractivity contribution in [2.45, 2.75) is 65.0 Å². The standard InChI is InChI=1S/C18H29NO4Si/c1-13-16-14(8-6-7-9-15(16)20)19(17(13)18(21)22-2)12-23-10-11-24(3,4)5/h6-12H2,1-5H3. The molecule has 0 fully saturated rings. The van der Waals surface area contributed by atoms with Crippen molar-refractivity contribution in [2.24, 2.45) is 0 Å². The van der Waals surface area contributed by atoms with E-state index in [4.69, 9.17) is 9.47 Å². The van der Waals surface area contributed by atoms with Crippen LogP contribution in [0.1, 0.15) is 51.4 Å². The minimum atomic E-state index is -1.16. The van der Waals surface area contributed by atoms with Crippen molar-refractivity contribution >= 4 is 19.8 Å². The van der Waals surface area contributed by atoms with Crippen LogP contribution in [0.25, 0.3) is 0 Å². The average Bonchev–Trinajstić information content (AvgIpc) is 2.64. The molecule has 0 saturated heterocycles. The zero-order valence-corrected chi connectivity index (χ0v) is 16.5. The van der Waals surface area contributed by atoms with E-state index in [1.807, 2.05) is 11.5 Å². The van der Waals surface area contributed by atoms with Crippen molar-refractivity contribution in [3.05, 3.63) is 22.5 Å². The van der Waals surface area contributed by atoms with Gasteiger partial charge in [-0.05, 0) is 37.8 Å². The van der Waals surface area contributed by atoms with Crippen LogP contribution in [0.4, 0.5) is 0 Å². The molecule has 0 N–H and O–H groups in total. The fourth-order valence-corrected chi connectivity index (χ4v) is 3.93. The molecule has 0 unspecified atom stereocenters. The van der Waals surface area contributed by atoms with Gasteiger partial charge < -0.3 is 14.0 Å². The predicted octanol–water partition coefficient (Wildman–Crippen LogP) is 3.80. The summed E-state index contributed by atoms with van der Waals surface area (Å²) in [7, 11) is 0.213. The predicted molar refractivity (Wildman–Crippen MR) is 96.5 cm³/mol. The van der Waals surface area contributed by atoms with Gasteiger partial charge in [0.15, 0.2) is 5.78 Å². The van der Waals surface area contributed by atoms with Gasteiger partial charge in [0.05, 0.1) is 7.11 Å². The summed E-state index contributed by atoms with van der Waals surface area (Å²) in [5.41, 5.74) is 2.84.